The first-order chi connectivity index (χ1) is 10.3. The fourth-order valence-electron chi connectivity index (χ4n) is 2.56. The summed E-state index contributed by atoms with van der Waals surface area (Å²) >= 11 is 6.44. The molecule has 0 fully saturated rings. The second-order valence-corrected chi connectivity index (χ2v) is 5.36. The van der Waals surface area contributed by atoms with Gasteiger partial charge >= 0.3 is 0 Å². The third-order valence-electron chi connectivity index (χ3n) is 3.55. The second kappa shape index (κ2) is 6.06. The Bertz CT molecular complexity index is 690. The van der Waals surface area contributed by atoms with Crippen molar-refractivity contribution in [3.05, 3.63) is 76.6 Å². The molecule has 3 rings (SSSR count). The average Bonchev–Trinajstić information content (AvgIpc) is 3.01. The fourth-order valence-corrected chi connectivity index (χ4v) is 2.92. The molecule has 0 spiro atoms. The molecule has 0 amide bonds. The highest BCUT2D eigenvalue weighted by Crippen LogP contribution is 2.34. The molecule has 0 saturated heterocycles. The van der Waals surface area contributed by atoms with Gasteiger partial charge in [-0.25, -0.2) is 4.98 Å². The normalized spacial score (nSPS) is 12.3. The number of H-pyrrole nitrogens is 1. The van der Waals surface area contributed by atoms with Gasteiger partial charge in [-0.15, -0.1) is 0 Å². The molecule has 4 nitrogen and oxygen atoms in total. The summed E-state index contributed by atoms with van der Waals surface area (Å²) in [5.41, 5.74) is 4.22. The number of nitrogens with one attached hydrogen (secondary N) is 1. The molecule has 0 unspecified atom stereocenters. The van der Waals surface area contributed by atoms with E-state index in [4.69, 9.17) is 11.6 Å². The minimum Gasteiger partial charge on any atom is -0.348 e. The van der Waals surface area contributed by atoms with Gasteiger partial charge in [-0.3, -0.25) is 0 Å². The highest BCUT2D eigenvalue weighted by molar-refractivity contribution is 6.31. The predicted molar refractivity (Wildman–Crippen MR) is 82.4 cm³/mol. The third-order valence-corrected chi connectivity index (χ3v) is 3.88. The summed E-state index contributed by atoms with van der Waals surface area (Å²) in [4.78, 5) is 7.33. The molecule has 0 aliphatic heterocycles. The molecule has 106 valence electrons. The van der Waals surface area contributed by atoms with E-state index < -0.39 is 0 Å². The number of rotatable bonds is 4. The lowest BCUT2D eigenvalue weighted by molar-refractivity contribution is 0.740. The number of imidazole rings is 1. The van der Waals surface area contributed by atoms with Crippen molar-refractivity contribution in [2.75, 3.05) is 0 Å². The number of nitrogens with zero attached hydrogens (tertiary/aromatic N) is 3. The number of halogens is 1. The van der Waals surface area contributed by atoms with Gasteiger partial charge < -0.3 is 4.98 Å². The topological polar surface area (TPSA) is 54.5 Å². The molecule has 2 heterocycles. The standard InChI is InChI=1S/C16H15ClN4/c1-11-4-2-6-14(17)16(11)13(15-9-18-10-19-15)8-12-5-3-7-20-21-12/h2-7,9-10,13H,8H2,1H3,(H,18,19)/t13-/m1/s1. The van der Waals surface area contributed by atoms with Crippen LogP contribution in [0.2, 0.25) is 5.02 Å². The first-order valence-corrected chi connectivity index (χ1v) is 7.13. The smallest absolute Gasteiger partial charge is 0.0921 e. The highest BCUT2D eigenvalue weighted by Gasteiger charge is 2.21. The number of hydrogen-bond acceptors (Lipinski definition) is 3. The van der Waals surface area contributed by atoms with Crippen LogP contribution in [0.25, 0.3) is 0 Å². The van der Waals surface area contributed by atoms with Crippen molar-refractivity contribution in [2.24, 2.45) is 0 Å². The molecule has 0 aliphatic carbocycles. The molecule has 1 atom stereocenters. The molecule has 0 radical (unpaired) electrons. The summed E-state index contributed by atoms with van der Waals surface area (Å²) < 4.78 is 0. The van der Waals surface area contributed by atoms with Crippen molar-refractivity contribution >= 4 is 11.6 Å². The van der Waals surface area contributed by atoms with Crippen LogP contribution in [-0.2, 0) is 6.42 Å². The summed E-state index contributed by atoms with van der Waals surface area (Å²) in [6.07, 6.45) is 5.92. The van der Waals surface area contributed by atoms with E-state index in [-0.39, 0.29) is 5.92 Å². The van der Waals surface area contributed by atoms with Crippen LogP contribution >= 0.6 is 11.6 Å². The van der Waals surface area contributed by atoms with Gasteiger partial charge in [0.15, 0.2) is 0 Å². The van der Waals surface area contributed by atoms with Gasteiger partial charge in [0.05, 0.1) is 12.0 Å². The average molecular weight is 299 g/mol. The zero-order valence-electron chi connectivity index (χ0n) is 11.6. The van der Waals surface area contributed by atoms with E-state index in [1.807, 2.05) is 30.5 Å². The fraction of sp³-hybridized carbons (Fsp3) is 0.188. The monoisotopic (exact) mass is 298 g/mol. The summed E-state index contributed by atoms with van der Waals surface area (Å²) in [5.74, 6) is 0.0814. The number of benzene rings is 1. The van der Waals surface area contributed by atoms with Crippen molar-refractivity contribution in [1.29, 1.82) is 0 Å². The van der Waals surface area contributed by atoms with E-state index in [1.54, 1.807) is 12.5 Å². The van der Waals surface area contributed by atoms with Gasteiger partial charge in [0.1, 0.15) is 0 Å². The van der Waals surface area contributed by atoms with Crippen LogP contribution in [0.3, 0.4) is 0 Å². The molecule has 0 saturated carbocycles. The molecule has 1 aromatic carbocycles. The number of aromatic nitrogens is 4. The van der Waals surface area contributed by atoms with Gasteiger partial charge in [0, 0.05) is 35.4 Å². The largest absolute Gasteiger partial charge is 0.348 e. The third kappa shape index (κ3) is 2.95. The number of aryl methyl sites for hydroxylation is 1. The Kier molecular flexibility index (Phi) is 3.97. The van der Waals surface area contributed by atoms with E-state index in [2.05, 4.69) is 33.2 Å². The molecular formula is C16H15ClN4. The SMILES string of the molecule is Cc1cccc(Cl)c1[C@H](Cc1cccnn1)c1cnc[nH]1. The van der Waals surface area contributed by atoms with Gasteiger partial charge in [0.25, 0.3) is 0 Å². The molecule has 0 aliphatic rings. The van der Waals surface area contributed by atoms with Crippen molar-refractivity contribution in [3.8, 4) is 0 Å². The molecule has 2 aromatic heterocycles. The molecule has 21 heavy (non-hydrogen) atoms. The molecular weight excluding hydrogens is 284 g/mol. The Hall–Kier alpha value is -2.20. The Morgan fingerprint density at radius 1 is 1.24 bits per heavy atom. The van der Waals surface area contributed by atoms with Crippen LogP contribution in [0.1, 0.15) is 28.4 Å². The van der Waals surface area contributed by atoms with Crippen molar-refractivity contribution in [1.82, 2.24) is 20.2 Å². The quantitative estimate of drug-likeness (QED) is 0.801. The van der Waals surface area contributed by atoms with Crippen LogP contribution in [0, 0.1) is 6.92 Å². The maximum absolute atomic E-state index is 6.44. The maximum atomic E-state index is 6.44. The van der Waals surface area contributed by atoms with Crippen LogP contribution < -0.4 is 0 Å². The van der Waals surface area contributed by atoms with Crippen LogP contribution in [-0.4, -0.2) is 20.2 Å². The lowest BCUT2D eigenvalue weighted by Crippen LogP contribution is -2.09. The van der Waals surface area contributed by atoms with Gasteiger partial charge in [-0.05, 0) is 36.2 Å². The van der Waals surface area contributed by atoms with E-state index >= 15 is 0 Å². The zero-order chi connectivity index (χ0) is 14.7. The Morgan fingerprint density at radius 2 is 2.14 bits per heavy atom. The van der Waals surface area contributed by atoms with E-state index in [9.17, 15) is 0 Å². The number of hydrogen-bond donors (Lipinski definition) is 1. The Balaban J connectivity index is 2.05. The molecule has 3 aromatic rings. The highest BCUT2D eigenvalue weighted by atomic mass is 35.5. The summed E-state index contributed by atoms with van der Waals surface area (Å²) in [6.45, 7) is 2.07. The molecule has 1 N–H and O–H groups in total. The van der Waals surface area contributed by atoms with E-state index in [0.717, 1.165) is 34.0 Å². The maximum Gasteiger partial charge on any atom is 0.0921 e. The van der Waals surface area contributed by atoms with Crippen molar-refractivity contribution in [2.45, 2.75) is 19.3 Å². The first kappa shape index (κ1) is 13.8. The second-order valence-electron chi connectivity index (χ2n) is 4.95. The summed E-state index contributed by atoms with van der Waals surface area (Å²) in [7, 11) is 0. The minimum absolute atomic E-state index is 0.0814. The lowest BCUT2D eigenvalue weighted by atomic mass is 9.88. The number of aromatic amines is 1. The molecule has 0 bridgehead atoms. The van der Waals surface area contributed by atoms with Gasteiger partial charge in [-0.2, -0.15) is 10.2 Å². The summed E-state index contributed by atoms with van der Waals surface area (Å²) in [6, 6.07) is 9.83. The van der Waals surface area contributed by atoms with Gasteiger partial charge in [0.2, 0.25) is 0 Å². The minimum atomic E-state index is 0.0814. The summed E-state index contributed by atoms with van der Waals surface area (Å²) in [5, 5.41) is 8.90. The van der Waals surface area contributed by atoms with Crippen LogP contribution in [0.15, 0.2) is 49.1 Å². The van der Waals surface area contributed by atoms with E-state index in [1.165, 1.54) is 0 Å². The zero-order valence-corrected chi connectivity index (χ0v) is 12.4. The molecule has 5 heteroatoms. The van der Waals surface area contributed by atoms with Gasteiger partial charge in [-0.1, -0.05) is 23.7 Å². The Labute approximate surface area is 128 Å². The first-order valence-electron chi connectivity index (χ1n) is 6.75. The van der Waals surface area contributed by atoms with E-state index in [0.29, 0.717) is 0 Å². The van der Waals surface area contributed by atoms with Crippen LogP contribution in [0.4, 0.5) is 0 Å². The lowest BCUT2D eigenvalue weighted by Gasteiger charge is -2.19. The van der Waals surface area contributed by atoms with Crippen LogP contribution in [0.5, 0.6) is 0 Å². The van der Waals surface area contributed by atoms with Crippen molar-refractivity contribution < 1.29 is 0 Å². The Morgan fingerprint density at radius 3 is 2.81 bits per heavy atom. The van der Waals surface area contributed by atoms with Crippen molar-refractivity contribution in [3.63, 3.8) is 0 Å². The predicted octanol–water partition coefficient (Wildman–Crippen LogP) is 3.54.